The lowest BCUT2D eigenvalue weighted by atomic mass is 10.1. The average Bonchev–Trinajstić information content (AvgIpc) is 2.58. The van der Waals surface area contributed by atoms with Crippen molar-refractivity contribution < 1.29 is 18.7 Å². The third kappa shape index (κ3) is 5.56. The molecule has 5 nitrogen and oxygen atoms in total. The summed E-state index contributed by atoms with van der Waals surface area (Å²) in [6.45, 7) is 0.0852. The van der Waals surface area contributed by atoms with Crippen molar-refractivity contribution >= 4 is 27.7 Å². The summed E-state index contributed by atoms with van der Waals surface area (Å²) in [6.07, 6.45) is 0. The molecule has 1 N–H and O–H groups in total. The highest BCUT2D eigenvalue weighted by Crippen LogP contribution is 2.25. The lowest BCUT2D eigenvalue weighted by Crippen LogP contribution is -2.28. The van der Waals surface area contributed by atoms with Crippen LogP contribution in [-0.4, -0.2) is 37.4 Å². The first-order valence-corrected chi connectivity index (χ1v) is 8.31. The maximum absolute atomic E-state index is 13.0. The fourth-order valence-corrected chi connectivity index (χ4v) is 2.53. The van der Waals surface area contributed by atoms with Crippen LogP contribution in [0, 0.1) is 5.82 Å². The smallest absolute Gasteiger partial charge is 0.258 e. The molecule has 0 fully saturated rings. The Morgan fingerprint density at radius 3 is 2.64 bits per heavy atom. The lowest BCUT2D eigenvalue weighted by molar-refractivity contribution is -0.123. The van der Waals surface area contributed by atoms with Crippen LogP contribution in [0.3, 0.4) is 0 Å². The van der Waals surface area contributed by atoms with Crippen LogP contribution in [0.5, 0.6) is 5.75 Å². The van der Waals surface area contributed by atoms with Crippen molar-refractivity contribution in [3.8, 4) is 5.75 Å². The number of halogens is 2. The lowest BCUT2D eigenvalue weighted by Gasteiger charge is -2.12. The van der Waals surface area contributed by atoms with Crippen molar-refractivity contribution in [2.75, 3.05) is 20.7 Å². The number of hydrogen-bond acceptors (Lipinski definition) is 3. The van der Waals surface area contributed by atoms with E-state index in [-0.39, 0.29) is 25.0 Å². The topological polar surface area (TPSA) is 58.6 Å². The quantitative estimate of drug-likeness (QED) is 0.798. The van der Waals surface area contributed by atoms with Gasteiger partial charge in [0, 0.05) is 26.2 Å². The molecule has 2 rings (SSSR count). The molecule has 0 radical (unpaired) electrons. The first-order valence-electron chi connectivity index (χ1n) is 7.52. The van der Waals surface area contributed by atoms with Crippen molar-refractivity contribution in [3.63, 3.8) is 0 Å². The summed E-state index contributed by atoms with van der Waals surface area (Å²) >= 11 is 3.17. The summed E-state index contributed by atoms with van der Waals surface area (Å²) in [5, 5.41) is 2.72. The van der Waals surface area contributed by atoms with E-state index < -0.39 is 5.82 Å². The van der Waals surface area contributed by atoms with E-state index in [1.54, 1.807) is 32.3 Å². The van der Waals surface area contributed by atoms with Gasteiger partial charge < -0.3 is 15.0 Å². The number of nitrogens with zero attached hydrogens (tertiary/aromatic N) is 1. The van der Waals surface area contributed by atoms with Gasteiger partial charge in [-0.3, -0.25) is 9.59 Å². The van der Waals surface area contributed by atoms with Crippen LogP contribution in [0.1, 0.15) is 15.9 Å². The standard InChI is InChI=1S/C18H18BrFN2O3/c1-22(2)18(24)13-5-3-4-12(8-13)10-21-17(23)11-25-16-7-6-14(20)9-15(16)19/h3-9H,10-11H2,1-2H3,(H,21,23). The Labute approximate surface area is 153 Å². The number of amides is 2. The third-order valence-electron chi connectivity index (χ3n) is 3.32. The van der Waals surface area contributed by atoms with Gasteiger partial charge in [0.1, 0.15) is 11.6 Å². The van der Waals surface area contributed by atoms with Gasteiger partial charge >= 0.3 is 0 Å². The van der Waals surface area contributed by atoms with Crippen LogP contribution >= 0.6 is 15.9 Å². The van der Waals surface area contributed by atoms with Crippen molar-refractivity contribution in [1.29, 1.82) is 0 Å². The molecule has 0 saturated carbocycles. The normalized spacial score (nSPS) is 10.2. The maximum Gasteiger partial charge on any atom is 0.258 e. The maximum atomic E-state index is 13.0. The Bertz CT molecular complexity index is 781. The molecular weight excluding hydrogens is 391 g/mol. The molecule has 0 bridgehead atoms. The monoisotopic (exact) mass is 408 g/mol. The van der Waals surface area contributed by atoms with Gasteiger partial charge in [-0.1, -0.05) is 12.1 Å². The summed E-state index contributed by atoms with van der Waals surface area (Å²) < 4.78 is 18.8. The predicted molar refractivity (Wildman–Crippen MR) is 95.9 cm³/mol. The molecule has 2 amide bonds. The summed E-state index contributed by atoms with van der Waals surface area (Å²) in [6, 6.07) is 11.0. The Kier molecular flexibility index (Phi) is 6.52. The van der Waals surface area contributed by atoms with E-state index in [0.717, 1.165) is 5.56 Å². The van der Waals surface area contributed by atoms with Crippen molar-refractivity contribution in [2.24, 2.45) is 0 Å². The fraction of sp³-hybridized carbons (Fsp3) is 0.222. The number of benzene rings is 2. The molecular formula is C18H18BrFN2O3. The highest BCUT2D eigenvalue weighted by molar-refractivity contribution is 9.10. The van der Waals surface area contributed by atoms with Gasteiger partial charge in [-0.05, 0) is 51.8 Å². The van der Waals surface area contributed by atoms with E-state index in [2.05, 4.69) is 21.2 Å². The summed E-state index contributed by atoms with van der Waals surface area (Å²) in [7, 11) is 3.36. The van der Waals surface area contributed by atoms with E-state index >= 15 is 0 Å². The first kappa shape index (κ1) is 18.9. The zero-order chi connectivity index (χ0) is 18.4. The van der Waals surface area contributed by atoms with Crippen molar-refractivity contribution in [3.05, 3.63) is 63.9 Å². The van der Waals surface area contributed by atoms with Crippen molar-refractivity contribution in [1.82, 2.24) is 10.2 Å². The molecule has 0 aromatic heterocycles. The molecule has 7 heteroatoms. The molecule has 0 spiro atoms. The van der Waals surface area contributed by atoms with Crippen molar-refractivity contribution in [2.45, 2.75) is 6.54 Å². The molecule has 0 atom stereocenters. The Morgan fingerprint density at radius 2 is 1.96 bits per heavy atom. The molecule has 132 valence electrons. The van der Waals surface area contributed by atoms with Gasteiger partial charge in [0.25, 0.3) is 11.8 Å². The Morgan fingerprint density at radius 1 is 1.20 bits per heavy atom. The van der Waals surface area contributed by atoms with Crippen LogP contribution in [-0.2, 0) is 11.3 Å². The predicted octanol–water partition coefficient (Wildman–Crippen LogP) is 2.99. The second kappa shape index (κ2) is 8.62. The number of hydrogen-bond donors (Lipinski definition) is 1. The first-order chi connectivity index (χ1) is 11.9. The molecule has 25 heavy (non-hydrogen) atoms. The second-order valence-corrected chi connectivity index (χ2v) is 6.39. The number of rotatable bonds is 6. The molecule has 2 aromatic carbocycles. The number of nitrogens with one attached hydrogen (secondary N) is 1. The second-order valence-electron chi connectivity index (χ2n) is 5.54. The number of ether oxygens (including phenoxy) is 1. The Hall–Kier alpha value is -2.41. The third-order valence-corrected chi connectivity index (χ3v) is 3.94. The number of carbonyl (C=O) groups excluding carboxylic acids is 2. The fourth-order valence-electron chi connectivity index (χ4n) is 2.06. The van der Waals surface area contributed by atoms with E-state index in [0.29, 0.717) is 15.8 Å². The van der Waals surface area contributed by atoms with Crippen LogP contribution in [0.15, 0.2) is 46.9 Å². The summed E-state index contributed by atoms with van der Waals surface area (Å²) in [5.41, 5.74) is 1.37. The van der Waals surface area contributed by atoms with Gasteiger partial charge in [0.2, 0.25) is 0 Å². The molecule has 0 aliphatic carbocycles. The van der Waals surface area contributed by atoms with E-state index in [9.17, 15) is 14.0 Å². The van der Waals surface area contributed by atoms with Gasteiger partial charge in [-0.2, -0.15) is 0 Å². The number of carbonyl (C=O) groups is 2. The van der Waals surface area contributed by atoms with Gasteiger partial charge in [0.05, 0.1) is 4.47 Å². The molecule has 0 heterocycles. The molecule has 0 aliphatic heterocycles. The zero-order valence-electron chi connectivity index (χ0n) is 13.9. The van der Waals surface area contributed by atoms with Gasteiger partial charge in [-0.15, -0.1) is 0 Å². The SMILES string of the molecule is CN(C)C(=O)c1cccc(CNC(=O)COc2ccc(F)cc2Br)c1. The van der Waals surface area contributed by atoms with Crippen LogP contribution in [0.4, 0.5) is 4.39 Å². The van der Waals surface area contributed by atoms with Crippen LogP contribution in [0.25, 0.3) is 0 Å². The van der Waals surface area contributed by atoms with Crippen LogP contribution < -0.4 is 10.1 Å². The van der Waals surface area contributed by atoms with E-state index in [1.807, 2.05) is 6.07 Å². The molecule has 2 aromatic rings. The van der Waals surface area contributed by atoms with Gasteiger partial charge in [0.15, 0.2) is 6.61 Å². The minimum absolute atomic E-state index is 0.0994. The Balaban J connectivity index is 1.87. The highest BCUT2D eigenvalue weighted by Gasteiger charge is 2.10. The summed E-state index contributed by atoms with van der Waals surface area (Å²) in [4.78, 5) is 25.3. The minimum Gasteiger partial charge on any atom is -0.483 e. The minimum atomic E-state index is -0.393. The molecule has 0 saturated heterocycles. The average molecular weight is 409 g/mol. The molecule has 0 unspecified atom stereocenters. The zero-order valence-corrected chi connectivity index (χ0v) is 15.5. The van der Waals surface area contributed by atoms with Crippen LogP contribution in [0.2, 0.25) is 0 Å². The highest BCUT2D eigenvalue weighted by atomic mass is 79.9. The summed E-state index contributed by atoms with van der Waals surface area (Å²) in [5.74, 6) is -0.427. The molecule has 0 aliphatic rings. The largest absolute Gasteiger partial charge is 0.483 e. The van der Waals surface area contributed by atoms with E-state index in [1.165, 1.54) is 23.1 Å². The van der Waals surface area contributed by atoms with E-state index in [4.69, 9.17) is 4.74 Å². The van der Waals surface area contributed by atoms with Gasteiger partial charge in [-0.25, -0.2) is 4.39 Å².